The molecule has 0 aliphatic carbocycles. The van der Waals surface area contributed by atoms with E-state index >= 15 is 0 Å². The van der Waals surface area contributed by atoms with Gasteiger partial charge in [0.1, 0.15) is 0 Å². The minimum Gasteiger partial charge on any atom is -0.481 e. The number of carbonyl (C=O) groups is 1. The van der Waals surface area contributed by atoms with E-state index in [0.717, 1.165) is 24.3 Å². The van der Waals surface area contributed by atoms with Crippen LogP contribution in [0.4, 0.5) is 0 Å². The Bertz CT molecular complexity index is 396. The molecule has 0 spiro atoms. The molecule has 0 radical (unpaired) electrons. The maximum Gasteiger partial charge on any atom is 0.307 e. The third-order valence-electron chi connectivity index (χ3n) is 3.24. The van der Waals surface area contributed by atoms with Crippen molar-refractivity contribution in [3.8, 4) is 0 Å². The number of carboxylic acids is 1. The Morgan fingerprint density at radius 2 is 2.16 bits per heavy atom. The maximum atomic E-state index is 10.6. The molecule has 104 valence electrons. The Kier molecular flexibility index (Phi) is 5.73. The fourth-order valence-electron chi connectivity index (χ4n) is 2.25. The van der Waals surface area contributed by atoms with Crippen molar-refractivity contribution in [2.45, 2.75) is 43.1 Å². The van der Waals surface area contributed by atoms with E-state index in [1.54, 1.807) is 0 Å². The summed E-state index contributed by atoms with van der Waals surface area (Å²) in [5.41, 5.74) is 0.858. The topological polar surface area (TPSA) is 46.5 Å². The highest BCUT2D eigenvalue weighted by Crippen LogP contribution is 2.22. The smallest absolute Gasteiger partial charge is 0.307 e. The molecule has 1 aliphatic heterocycles. The minimum atomic E-state index is -0.781. The van der Waals surface area contributed by atoms with Crippen molar-refractivity contribution in [2.24, 2.45) is 0 Å². The zero-order chi connectivity index (χ0) is 13.5. The van der Waals surface area contributed by atoms with E-state index in [1.807, 2.05) is 36.0 Å². The highest BCUT2D eigenvalue weighted by molar-refractivity contribution is 7.99. The monoisotopic (exact) mass is 280 g/mol. The number of hydrogen-bond acceptors (Lipinski definition) is 3. The molecule has 4 heteroatoms. The predicted molar refractivity (Wildman–Crippen MR) is 76.7 cm³/mol. The second kappa shape index (κ2) is 7.56. The third kappa shape index (κ3) is 5.25. The van der Waals surface area contributed by atoms with Gasteiger partial charge in [-0.2, -0.15) is 0 Å². The molecule has 0 aromatic heterocycles. The van der Waals surface area contributed by atoms with Gasteiger partial charge in [0.2, 0.25) is 0 Å². The van der Waals surface area contributed by atoms with E-state index in [4.69, 9.17) is 9.84 Å². The van der Waals surface area contributed by atoms with Crippen LogP contribution in [0.25, 0.3) is 0 Å². The molecule has 3 nitrogen and oxygen atoms in total. The van der Waals surface area contributed by atoms with Crippen molar-refractivity contribution >= 4 is 17.7 Å². The van der Waals surface area contributed by atoms with E-state index in [1.165, 1.54) is 24.2 Å². The molecule has 1 atom stereocenters. The summed E-state index contributed by atoms with van der Waals surface area (Å²) in [6, 6.07) is 7.82. The Hall–Kier alpha value is -1.00. The van der Waals surface area contributed by atoms with Gasteiger partial charge in [0.05, 0.1) is 12.5 Å². The first-order valence-electron chi connectivity index (χ1n) is 6.79. The molecule has 1 saturated heterocycles. The first kappa shape index (κ1) is 14.4. The third-order valence-corrected chi connectivity index (χ3v) is 4.34. The number of carboxylic acid groups (broad SMARTS) is 1. The molecule has 2 rings (SSSR count). The SMILES string of the molecule is O=C(O)Cc1ccc(SCCCC2CCCO2)cc1. The molecule has 0 amide bonds. The van der Waals surface area contributed by atoms with Gasteiger partial charge < -0.3 is 9.84 Å². The van der Waals surface area contributed by atoms with E-state index in [-0.39, 0.29) is 6.42 Å². The van der Waals surface area contributed by atoms with Crippen LogP contribution >= 0.6 is 11.8 Å². The molecular weight excluding hydrogens is 260 g/mol. The summed E-state index contributed by atoms with van der Waals surface area (Å²) in [6.07, 6.45) is 5.34. The first-order valence-corrected chi connectivity index (χ1v) is 7.78. The van der Waals surface area contributed by atoms with Gasteiger partial charge in [0, 0.05) is 11.5 Å². The molecule has 1 unspecified atom stereocenters. The van der Waals surface area contributed by atoms with Crippen LogP contribution in [-0.2, 0) is 16.0 Å². The van der Waals surface area contributed by atoms with Crippen LogP contribution in [0.3, 0.4) is 0 Å². The Morgan fingerprint density at radius 3 is 2.79 bits per heavy atom. The molecule has 1 aromatic rings. The Morgan fingerprint density at radius 1 is 1.37 bits per heavy atom. The van der Waals surface area contributed by atoms with E-state index < -0.39 is 5.97 Å². The van der Waals surface area contributed by atoms with Crippen LogP contribution in [0.1, 0.15) is 31.2 Å². The van der Waals surface area contributed by atoms with Gasteiger partial charge >= 0.3 is 5.97 Å². The van der Waals surface area contributed by atoms with Crippen LogP contribution in [-0.4, -0.2) is 29.5 Å². The fraction of sp³-hybridized carbons (Fsp3) is 0.533. The van der Waals surface area contributed by atoms with Gasteiger partial charge in [-0.25, -0.2) is 0 Å². The van der Waals surface area contributed by atoms with Gasteiger partial charge in [-0.1, -0.05) is 12.1 Å². The number of hydrogen-bond donors (Lipinski definition) is 1. The van der Waals surface area contributed by atoms with Crippen molar-refractivity contribution in [2.75, 3.05) is 12.4 Å². The van der Waals surface area contributed by atoms with Gasteiger partial charge in [0.25, 0.3) is 0 Å². The van der Waals surface area contributed by atoms with Crippen LogP contribution in [0.15, 0.2) is 29.2 Å². The van der Waals surface area contributed by atoms with Crippen LogP contribution in [0.5, 0.6) is 0 Å². The predicted octanol–water partition coefficient (Wildman–Crippen LogP) is 3.37. The zero-order valence-electron chi connectivity index (χ0n) is 11.0. The summed E-state index contributed by atoms with van der Waals surface area (Å²) in [6.45, 7) is 0.933. The molecule has 19 heavy (non-hydrogen) atoms. The van der Waals surface area contributed by atoms with Gasteiger partial charge in [-0.05, 0) is 49.1 Å². The second-order valence-corrected chi connectivity index (χ2v) is 6.01. The lowest BCUT2D eigenvalue weighted by molar-refractivity contribution is -0.136. The lowest BCUT2D eigenvalue weighted by Gasteiger charge is -2.08. The van der Waals surface area contributed by atoms with Crippen LogP contribution in [0, 0.1) is 0 Å². The van der Waals surface area contributed by atoms with Crippen molar-refractivity contribution in [1.82, 2.24) is 0 Å². The highest BCUT2D eigenvalue weighted by atomic mass is 32.2. The van der Waals surface area contributed by atoms with Gasteiger partial charge in [-0.3, -0.25) is 4.79 Å². The quantitative estimate of drug-likeness (QED) is 0.614. The number of ether oxygens (including phenoxy) is 1. The average Bonchev–Trinajstić information content (AvgIpc) is 2.89. The molecule has 0 bridgehead atoms. The molecular formula is C15H20O3S. The lowest BCUT2D eigenvalue weighted by atomic mass is 10.1. The number of thioether (sulfide) groups is 1. The first-order chi connectivity index (χ1) is 9.24. The molecule has 1 N–H and O–H groups in total. The summed E-state index contributed by atoms with van der Waals surface area (Å²) in [5, 5.41) is 8.70. The molecule has 1 aromatic carbocycles. The van der Waals surface area contributed by atoms with Crippen LogP contribution in [0.2, 0.25) is 0 Å². The fourth-order valence-corrected chi connectivity index (χ4v) is 3.13. The highest BCUT2D eigenvalue weighted by Gasteiger charge is 2.14. The number of benzene rings is 1. The van der Waals surface area contributed by atoms with E-state index in [2.05, 4.69) is 0 Å². The Balaban J connectivity index is 1.66. The zero-order valence-corrected chi connectivity index (χ0v) is 11.8. The summed E-state index contributed by atoms with van der Waals surface area (Å²) < 4.78 is 5.59. The maximum absolute atomic E-state index is 10.6. The largest absolute Gasteiger partial charge is 0.481 e. The van der Waals surface area contributed by atoms with E-state index in [0.29, 0.717) is 6.10 Å². The van der Waals surface area contributed by atoms with E-state index in [9.17, 15) is 4.79 Å². The Labute approximate surface area is 118 Å². The summed E-state index contributed by atoms with van der Waals surface area (Å²) >= 11 is 1.83. The summed E-state index contributed by atoms with van der Waals surface area (Å²) in [4.78, 5) is 11.8. The number of aliphatic carboxylic acids is 1. The molecule has 1 aliphatic rings. The molecule has 1 heterocycles. The average molecular weight is 280 g/mol. The van der Waals surface area contributed by atoms with Gasteiger partial charge in [0.15, 0.2) is 0 Å². The van der Waals surface area contributed by atoms with Crippen molar-refractivity contribution in [3.05, 3.63) is 29.8 Å². The summed E-state index contributed by atoms with van der Waals surface area (Å²) in [5.74, 6) is 0.315. The number of rotatable bonds is 7. The standard InChI is InChI=1S/C15H20O3S/c16-15(17)11-12-5-7-14(8-6-12)19-10-2-4-13-3-1-9-18-13/h5-8,13H,1-4,9-11H2,(H,16,17). The molecule has 0 saturated carbocycles. The van der Waals surface area contributed by atoms with Crippen molar-refractivity contribution < 1.29 is 14.6 Å². The van der Waals surface area contributed by atoms with Gasteiger partial charge in [-0.15, -0.1) is 11.8 Å². The minimum absolute atomic E-state index is 0.101. The molecule has 1 fully saturated rings. The lowest BCUT2D eigenvalue weighted by Crippen LogP contribution is -2.04. The normalized spacial score (nSPS) is 18.6. The summed E-state index contributed by atoms with van der Waals surface area (Å²) in [7, 11) is 0. The van der Waals surface area contributed by atoms with Crippen molar-refractivity contribution in [3.63, 3.8) is 0 Å². The van der Waals surface area contributed by atoms with Crippen molar-refractivity contribution in [1.29, 1.82) is 0 Å². The second-order valence-electron chi connectivity index (χ2n) is 4.84. The van der Waals surface area contributed by atoms with Crippen LogP contribution < -0.4 is 0 Å².